The molecule has 0 radical (unpaired) electrons. The number of carboxylic acid groups (broad SMARTS) is 1. The van der Waals surface area contributed by atoms with Crippen molar-refractivity contribution in [3.63, 3.8) is 0 Å². The van der Waals surface area contributed by atoms with Crippen LogP contribution < -0.4 is 4.90 Å². The molecule has 0 aliphatic carbocycles. The Morgan fingerprint density at radius 1 is 1.08 bits per heavy atom. The summed E-state index contributed by atoms with van der Waals surface area (Å²) in [6, 6.07) is 16.6. The van der Waals surface area contributed by atoms with Crippen LogP contribution in [-0.4, -0.2) is 28.6 Å². The van der Waals surface area contributed by atoms with Gasteiger partial charge in [-0.15, -0.1) is 0 Å². The molecule has 5 nitrogen and oxygen atoms in total. The van der Waals surface area contributed by atoms with Gasteiger partial charge in [0.2, 0.25) is 0 Å². The number of anilines is 1. The Balaban J connectivity index is 1.86. The first-order valence-corrected chi connectivity index (χ1v) is 8.57. The third-order valence-electron chi connectivity index (χ3n) is 4.66. The van der Waals surface area contributed by atoms with Gasteiger partial charge in [0.15, 0.2) is 0 Å². The van der Waals surface area contributed by atoms with Gasteiger partial charge in [0.05, 0.1) is 18.0 Å². The van der Waals surface area contributed by atoms with Crippen molar-refractivity contribution < 1.29 is 15.0 Å². The lowest BCUT2D eigenvalue weighted by atomic mass is 9.88. The van der Waals surface area contributed by atoms with E-state index in [2.05, 4.69) is 0 Å². The summed E-state index contributed by atoms with van der Waals surface area (Å²) < 4.78 is 0. The fourth-order valence-corrected chi connectivity index (χ4v) is 3.38. The van der Waals surface area contributed by atoms with Crippen LogP contribution in [0.25, 0.3) is 5.57 Å². The van der Waals surface area contributed by atoms with Gasteiger partial charge in [-0.2, -0.15) is 0 Å². The van der Waals surface area contributed by atoms with Gasteiger partial charge in [-0.05, 0) is 29.2 Å². The SMILES string of the molecule is CC(C)[C@H](C(=O)O)c1ccc(N2CC(O)=C(c3ccccc3)C2=N)cc1. The highest BCUT2D eigenvalue weighted by Gasteiger charge is 2.30. The quantitative estimate of drug-likeness (QED) is 0.751. The molecule has 26 heavy (non-hydrogen) atoms. The van der Waals surface area contributed by atoms with Crippen LogP contribution in [0.2, 0.25) is 0 Å². The molecule has 1 heterocycles. The molecule has 2 aromatic carbocycles. The largest absolute Gasteiger partial charge is 0.510 e. The standard InChI is InChI=1S/C21H22N2O3/c1-13(2)18(21(25)26)15-8-10-16(11-9-15)23-12-17(24)19(20(23)22)14-6-4-3-5-7-14/h3-11,13,18,22,24H,12H2,1-2H3,(H,25,26)/t18-/m0/s1. The van der Waals surface area contributed by atoms with Gasteiger partial charge in [-0.1, -0.05) is 56.3 Å². The van der Waals surface area contributed by atoms with Crippen molar-refractivity contribution in [3.8, 4) is 0 Å². The smallest absolute Gasteiger partial charge is 0.311 e. The molecule has 134 valence electrons. The first-order chi connectivity index (χ1) is 12.4. The highest BCUT2D eigenvalue weighted by Crippen LogP contribution is 2.32. The van der Waals surface area contributed by atoms with Gasteiger partial charge < -0.3 is 15.1 Å². The van der Waals surface area contributed by atoms with Crippen molar-refractivity contribution in [1.29, 1.82) is 5.41 Å². The number of hydrogen-bond donors (Lipinski definition) is 3. The number of nitrogens with zero attached hydrogens (tertiary/aromatic N) is 1. The second kappa shape index (κ2) is 7.04. The molecule has 3 rings (SSSR count). The lowest BCUT2D eigenvalue weighted by Gasteiger charge is -2.21. The summed E-state index contributed by atoms with van der Waals surface area (Å²) in [5.41, 5.74) is 2.83. The third-order valence-corrected chi connectivity index (χ3v) is 4.66. The van der Waals surface area contributed by atoms with Crippen molar-refractivity contribution in [1.82, 2.24) is 0 Å². The first kappa shape index (κ1) is 17.7. The molecule has 0 spiro atoms. The number of nitrogens with one attached hydrogen (secondary N) is 1. The van der Waals surface area contributed by atoms with Crippen LogP contribution in [0, 0.1) is 11.3 Å². The average Bonchev–Trinajstić information content (AvgIpc) is 2.90. The molecule has 0 aromatic heterocycles. The number of aliphatic hydroxyl groups excluding tert-OH is 1. The van der Waals surface area contributed by atoms with Crippen molar-refractivity contribution in [2.24, 2.45) is 5.92 Å². The van der Waals surface area contributed by atoms with Crippen LogP contribution in [0.15, 0.2) is 60.4 Å². The minimum atomic E-state index is -0.840. The second-order valence-electron chi connectivity index (χ2n) is 6.77. The fourth-order valence-electron chi connectivity index (χ4n) is 3.38. The molecule has 0 fully saturated rings. The predicted octanol–water partition coefficient (Wildman–Crippen LogP) is 4.28. The summed E-state index contributed by atoms with van der Waals surface area (Å²) >= 11 is 0. The van der Waals surface area contributed by atoms with E-state index in [1.165, 1.54) is 0 Å². The number of aliphatic hydroxyl groups is 1. The number of hydrogen-bond acceptors (Lipinski definition) is 3. The Morgan fingerprint density at radius 3 is 2.23 bits per heavy atom. The predicted molar refractivity (Wildman–Crippen MR) is 103 cm³/mol. The van der Waals surface area contributed by atoms with Crippen molar-refractivity contribution in [2.45, 2.75) is 19.8 Å². The molecule has 0 bridgehead atoms. The number of aliphatic carboxylic acids is 1. The Morgan fingerprint density at radius 2 is 1.69 bits per heavy atom. The monoisotopic (exact) mass is 350 g/mol. The topological polar surface area (TPSA) is 84.6 Å². The van der Waals surface area contributed by atoms with Gasteiger partial charge in [0, 0.05) is 5.69 Å². The van der Waals surface area contributed by atoms with E-state index in [0.29, 0.717) is 5.57 Å². The molecular weight excluding hydrogens is 328 g/mol. The Hall–Kier alpha value is -3.08. The molecule has 0 saturated heterocycles. The molecule has 1 atom stereocenters. The van der Waals surface area contributed by atoms with Crippen molar-refractivity contribution in [3.05, 3.63) is 71.5 Å². The highest BCUT2D eigenvalue weighted by atomic mass is 16.4. The first-order valence-electron chi connectivity index (χ1n) is 8.57. The lowest BCUT2D eigenvalue weighted by Crippen LogP contribution is -2.26. The van der Waals surface area contributed by atoms with Gasteiger partial charge in [-0.3, -0.25) is 10.2 Å². The molecule has 2 aromatic rings. The zero-order chi connectivity index (χ0) is 18.8. The van der Waals surface area contributed by atoms with Gasteiger partial charge in [0.25, 0.3) is 0 Å². The number of carboxylic acids is 1. The summed E-state index contributed by atoms with van der Waals surface area (Å²) in [6.07, 6.45) is 0. The Labute approximate surface area is 152 Å². The van der Waals surface area contributed by atoms with Crippen molar-refractivity contribution >= 4 is 23.1 Å². The van der Waals surface area contributed by atoms with Crippen LogP contribution in [-0.2, 0) is 4.79 Å². The Bertz CT molecular complexity index is 855. The normalized spacial score (nSPS) is 15.7. The molecule has 1 aliphatic heterocycles. The van der Waals surface area contributed by atoms with E-state index in [9.17, 15) is 15.0 Å². The van der Waals surface area contributed by atoms with Gasteiger partial charge in [0.1, 0.15) is 11.6 Å². The van der Waals surface area contributed by atoms with Gasteiger partial charge in [-0.25, -0.2) is 0 Å². The fraction of sp³-hybridized carbons (Fsp3) is 0.238. The number of rotatable bonds is 5. The maximum atomic E-state index is 11.5. The van der Waals surface area contributed by atoms with Gasteiger partial charge >= 0.3 is 5.97 Å². The maximum absolute atomic E-state index is 11.5. The van der Waals surface area contributed by atoms with E-state index in [1.54, 1.807) is 17.0 Å². The number of benzene rings is 2. The van der Waals surface area contributed by atoms with Crippen molar-refractivity contribution in [2.75, 3.05) is 11.4 Å². The third kappa shape index (κ3) is 3.20. The zero-order valence-electron chi connectivity index (χ0n) is 14.8. The molecule has 3 N–H and O–H groups in total. The van der Waals surface area contributed by atoms with Crippen LogP contribution in [0.1, 0.15) is 30.9 Å². The summed E-state index contributed by atoms with van der Waals surface area (Å²) in [4.78, 5) is 13.2. The lowest BCUT2D eigenvalue weighted by molar-refractivity contribution is -0.139. The second-order valence-corrected chi connectivity index (χ2v) is 6.77. The van der Waals surface area contributed by atoms with Crippen LogP contribution in [0.4, 0.5) is 5.69 Å². The van der Waals surface area contributed by atoms with Crippen LogP contribution >= 0.6 is 0 Å². The zero-order valence-corrected chi connectivity index (χ0v) is 14.8. The summed E-state index contributed by atoms with van der Waals surface area (Å²) in [5, 5.41) is 28.2. The molecule has 5 heteroatoms. The highest BCUT2D eigenvalue weighted by molar-refractivity contribution is 6.30. The minimum Gasteiger partial charge on any atom is -0.510 e. The van der Waals surface area contributed by atoms with E-state index in [-0.39, 0.29) is 24.1 Å². The summed E-state index contributed by atoms with van der Waals surface area (Å²) in [7, 11) is 0. The average molecular weight is 350 g/mol. The molecule has 0 amide bonds. The molecule has 0 unspecified atom stereocenters. The maximum Gasteiger partial charge on any atom is 0.311 e. The summed E-state index contributed by atoms with van der Waals surface area (Å²) in [6.45, 7) is 4.00. The molecule has 1 aliphatic rings. The number of carbonyl (C=O) groups is 1. The van der Waals surface area contributed by atoms with E-state index >= 15 is 0 Å². The van der Waals surface area contributed by atoms with Crippen LogP contribution in [0.3, 0.4) is 0 Å². The van der Waals surface area contributed by atoms with Crippen LogP contribution in [0.5, 0.6) is 0 Å². The minimum absolute atomic E-state index is 0.0150. The summed E-state index contributed by atoms with van der Waals surface area (Å²) in [5.74, 6) is -1.02. The van der Waals surface area contributed by atoms with E-state index < -0.39 is 11.9 Å². The molecule has 0 saturated carbocycles. The van der Waals surface area contributed by atoms with E-state index in [0.717, 1.165) is 16.8 Å². The van der Waals surface area contributed by atoms with E-state index in [4.69, 9.17) is 5.41 Å². The molecular formula is C21H22N2O3. The Kier molecular flexibility index (Phi) is 4.80. The van der Waals surface area contributed by atoms with E-state index in [1.807, 2.05) is 56.3 Å². The number of amidine groups is 1.